The summed E-state index contributed by atoms with van der Waals surface area (Å²) in [6.07, 6.45) is 0.645. The van der Waals surface area contributed by atoms with Gasteiger partial charge in [-0.3, -0.25) is 9.36 Å². The van der Waals surface area contributed by atoms with Crippen LogP contribution in [0.1, 0.15) is 28.3 Å². The zero-order valence-electron chi connectivity index (χ0n) is 17.6. The molecule has 4 rings (SSSR count). The monoisotopic (exact) mass is 433 g/mol. The molecule has 0 saturated carbocycles. The lowest BCUT2D eigenvalue weighted by molar-refractivity contribution is -0.113. The molecule has 0 unspecified atom stereocenters. The van der Waals surface area contributed by atoms with Crippen LogP contribution in [-0.4, -0.2) is 31.6 Å². The van der Waals surface area contributed by atoms with Gasteiger partial charge in [-0.05, 0) is 38.0 Å². The number of hydrogen-bond donors (Lipinski definition) is 1. The van der Waals surface area contributed by atoms with Gasteiger partial charge in [-0.1, -0.05) is 64.9 Å². The molecule has 1 N–H and O–H groups in total. The topological polar surface area (TPSA) is 85.8 Å². The van der Waals surface area contributed by atoms with Crippen molar-refractivity contribution in [1.29, 1.82) is 0 Å². The number of rotatable bonds is 7. The highest BCUT2D eigenvalue weighted by Crippen LogP contribution is 2.26. The lowest BCUT2D eigenvalue weighted by atomic mass is 10.1. The minimum Gasteiger partial charge on any atom is -0.360 e. The van der Waals surface area contributed by atoms with E-state index in [-0.39, 0.29) is 11.7 Å². The number of amides is 1. The van der Waals surface area contributed by atoms with Crippen LogP contribution in [0, 0.1) is 20.8 Å². The largest absolute Gasteiger partial charge is 0.360 e. The number of hydrogen-bond acceptors (Lipinski definition) is 6. The first-order chi connectivity index (χ1) is 15.0. The fraction of sp³-hybridized carbons (Fsp3) is 0.217. The highest BCUT2D eigenvalue weighted by molar-refractivity contribution is 7.99. The number of nitrogens with one attached hydrogen (secondary N) is 1. The highest BCUT2D eigenvalue weighted by Gasteiger charge is 2.18. The van der Waals surface area contributed by atoms with Gasteiger partial charge in [-0.2, -0.15) is 0 Å². The number of carbonyl (C=O) groups excluding carboxylic acids is 1. The van der Waals surface area contributed by atoms with Gasteiger partial charge >= 0.3 is 0 Å². The molecule has 158 valence electrons. The molecule has 31 heavy (non-hydrogen) atoms. The van der Waals surface area contributed by atoms with Crippen molar-refractivity contribution in [2.45, 2.75) is 32.3 Å². The summed E-state index contributed by atoms with van der Waals surface area (Å²) < 4.78 is 7.03. The summed E-state index contributed by atoms with van der Waals surface area (Å²) >= 11 is 1.34. The van der Waals surface area contributed by atoms with Gasteiger partial charge in [-0.15, -0.1) is 10.2 Å². The number of carbonyl (C=O) groups is 1. The first kappa shape index (κ1) is 20.9. The minimum absolute atomic E-state index is 0.181. The number of aryl methyl sites for hydroxylation is 3. The molecule has 0 aliphatic rings. The summed E-state index contributed by atoms with van der Waals surface area (Å²) in [5.74, 6) is 1.87. The first-order valence-corrected chi connectivity index (χ1v) is 10.9. The second kappa shape index (κ2) is 9.18. The Balaban J connectivity index is 1.60. The van der Waals surface area contributed by atoms with Crippen molar-refractivity contribution in [1.82, 2.24) is 19.9 Å². The van der Waals surface area contributed by atoms with E-state index in [2.05, 4.69) is 64.9 Å². The van der Waals surface area contributed by atoms with E-state index in [4.69, 9.17) is 4.52 Å². The van der Waals surface area contributed by atoms with Gasteiger partial charge in [0.05, 0.1) is 11.4 Å². The van der Waals surface area contributed by atoms with Gasteiger partial charge in [0.2, 0.25) is 5.91 Å². The maximum atomic E-state index is 12.4. The molecule has 2 aromatic heterocycles. The molecule has 0 aliphatic carbocycles. The van der Waals surface area contributed by atoms with Crippen LogP contribution in [-0.2, 0) is 11.2 Å². The summed E-state index contributed by atoms with van der Waals surface area (Å²) in [6, 6.07) is 18.1. The van der Waals surface area contributed by atoms with Crippen molar-refractivity contribution >= 4 is 23.5 Å². The summed E-state index contributed by atoms with van der Waals surface area (Å²) in [4.78, 5) is 12.4. The average Bonchev–Trinajstić information content (AvgIpc) is 3.33. The predicted octanol–water partition coefficient (Wildman–Crippen LogP) is 4.50. The van der Waals surface area contributed by atoms with Crippen LogP contribution >= 0.6 is 11.8 Å². The van der Waals surface area contributed by atoms with Crippen LogP contribution in [0.3, 0.4) is 0 Å². The quantitative estimate of drug-likeness (QED) is 0.432. The van der Waals surface area contributed by atoms with Crippen molar-refractivity contribution in [2.75, 3.05) is 11.1 Å². The number of anilines is 1. The molecule has 7 nitrogen and oxygen atoms in total. The Morgan fingerprint density at radius 2 is 1.87 bits per heavy atom. The van der Waals surface area contributed by atoms with E-state index in [9.17, 15) is 4.79 Å². The minimum atomic E-state index is -0.182. The Labute approximate surface area is 184 Å². The lowest BCUT2D eigenvalue weighted by Crippen LogP contribution is -2.15. The fourth-order valence-electron chi connectivity index (χ4n) is 3.32. The Morgan fingerprint density at radius 3 is 2.58 bits per heavy atom. The van der Waals surface area contributed by atoms with Crippen molar-refractivity contribution in [3.63, 3.8) is 0 Å². The van der Waals surface area contributed by atoms with E-state index in [1.807, 2.05) is 22.8 Å². The molecule has 1 amide bonds. The Kier molecular flexibility index (Phi) is 6.18. The molecule has 4 aromatic rings. The van der Waals surface area contributed by atoms with Gasteiger partial charge in [0.25, 0.3) is 0 Å². The van der Waals surface area contributed by atoms with Crippen LogP contribution in [0.5, 0.6) is 0 Å². The smallest absolute Gasteiger partial charge is 0.236 e. The molecular formula is C23H23N5O2S. The molecule has 0 atom stereocenters. The van der Waals surface area contributed by atoms with Gasteiger partial charge in [0, 0.05) is 12.5 Å². The Morgan fingerprint density at radius 1 is 1.06 bits per heavy atom. The number of nitrogens with zero attached hydrogens (tertiary/aromatic N) is 4. The van der Waals surface area contributed by atoms with Gasteiger partial charge < -0.3 is 9.84 Å². The summed E-state index contributed by atoms with van der Waals surface area (Å²) in [5.41, 5.74) is 4.47. The zero-order valence-corrected chi connectivity index (χ0v) is 18.4. The second-order valence-electron chi connectivity index (χ2n) is 7.35. The van der Waals surface area contributed by atoms with Gasteiger partial charge in [0.1, 0.15) is 11.6 Å². The van der Waals surface area contributed by atoms with Crippen molar-refractivity contribution in [3.8, 4) is 5.69 Å². The molecule has 0 fully saturated rings. The first-order valence-electron chi connectivity index (χ1n) is 9.91. The average molecular weight is 434 g/mol. The molecular weight excluding hydrogens is 410 g/mol. The zero-order chi connectivity index (χ0) is 21.8. The number of benzene rings is 2. The third-order valence-corrected chi connectivity index (χ3v) is 5.66. The summed E-state index contributed by atoms with van der Waals surface area (Å²) in [6.45, 7) is 5.92. The number of thioether (sulfide) groups is 1. The van der Waals surface area contributed by atoms with E-state index < -0.39 is 0 Å². The third-order valence-electron chi connectivity index (χ3n) is 4.73. The van der Waals surface area contributed by atoms with Crippen LogP contribution in [0.25, 0.3) is 5.69 Å². The standard InChI is InChI=1S/C23H23N5O2S/c1-15-9-10-19(16(2)11-15)28-21(13-18-7-5-4-6-8-18)25-26-23(28)31-14-22(29)24-20-12-17(3)30-27-20/h4-12H,13-14H2,1-3H3,(H,24,27,29). The molecule has 0 saturated heterocycles. The van der Waals surface area contributed by atoms with Crippen molar-refractivity contribution < 1.29 is 9.32 Å². The van der Waals surface area contributed by atoms with E-state index in [0.717, 1.165) is 22.6 Å². The normalized spacial score (nSPS) is 10.9. The maximum Gasteiger partial charge on any atom is 0.236 e. The van der Waals surface area contributed by atoms with Crippen LogP contribution in [0.15, 0.2) is 64.3 Å². The van der Waals surface area contributed by atoms with Crippen LogP contribution in [0.4, 0.5) is 5.82 Å². The Bertz CT molecular complexity index is 1200. The van der Waals surface area contributed by atoms with Gasteiger partial charge in [0.15, 0.2) is 11.0 Å². The molecule has 2 heterocycles. The molecule has 2 aromatic carbocycles. The van der Waals surface area contributed by atoms with E-state index in [1.165, 1.54) is 17.3 Å². The molecule has 0 spiro atoms. The summed E-state index contributed by atoms with van der Waals surface area (Å²) in [7, 11) is 0. The summed E-state index contributed by atoms with van der Waals surface area (Å²) in [5, 5.41) is 16.1. The highest BCUT2D eigenvalue weighted by atomic mass is 32.2. The maximum absolute atomic E-state index is 12.4. The molecule has 0 aliphatic heterocycles. The SMILES string of the molecule is Cc1ccc(-n2c(Cc3ccccc3)nnc2SCC(=O)Nc2cc(C)on2)c(C)c1. The number of aromatic nitrogens is 4. The predicted molar refractivity (Wildman–Crippen MR) is 121 cm³/mol. The van der Waals surface area contributed by atoms with Gasteiger partial charge in [-0.25, -0.2) is 0 Å². The van der Waals surface area contributed by atoms with Crippen molar-refractivity contribution in [2.24, 2.45) is 0 Å². The third kappa shape index (κ3) is 5.03. The molecule has 8 heteroatoms. The van der Waals surface area contributed by atoms with E-state index >= 15 is 0 Å². The molecule has 0 radical (unpaired) electrons. The second-order valence-corrected chi connectivity index (χ2v) is 8.29. The van der Waals surface area contributed by atoms with Crippen LogP contribution in [0.2, 0.25) is 0 Å². The lowest BCUT2D eigenvalue weighted by Gasteiger charge is -2.13. The fourth-order valence-corrected chi connectivity index (χ4v) is 4.08. The Hall–Kier alpha value is -3.39. The molecule has 0 bridgehead atoms. The van der Waals surface area contributed by atoms with E-state index in [1.54, 1.807) is 13.0 Å². The van der Waals surface area contributed by atoms with E-state index in [0.29, 0.717) is 23.2 Å². The van der Waals surface area contributed by atoms with Crippen LogP contribution < -0.4 is 5.32 Å². The van der Waals surface area contributed by atoms with Crippen molar-refractivity contribution in [3.05, 3.63) is 82.9 Å².